The molecule has 0 aromatic heterocycles. The number of benzene rings is 2. The number of hydrogen-bond donors (Lipinski definition) is 0. The Labute approximate surface area is 141 Å². The molecule has 23 heavy (non-hydrogen) atoms. The largest absolute Gasteiger partial charge is 0.294 e. The van der Waals surface area contributed by atoms with Gasteiger partial charge in [0.15, 0.2) is 5.78 Å². The predicted molar refractivity (Wildman–Crippen MR) is 100 cm³/mol. The van der Waals surface area contributed by atoms with Gasteiger partial charge in [0.25, 0.3) is 0 Å². The lowest BCUT2D eigenvalue weighted by atomic mass is 9.98. The standard InChI is InChI=1S/C22H30O/c1-3-5-7-9-10-18-12-13-20-17-21(15-14-19(20)16-18)22(23)11-8-6-4-2/h12-17H,3-11H2,1-2H3. The second-order valence-corrected chi connectivity index (χ2v) is 6.59. The van der Waals surface area contributed by atoms with Gasteiger partial charge >= 0.3 is 0 Å². The van der Waals surface area contributed by atoms with E-state index in [0.29, 0.717) is 6.42 Å². The van der Waals surface area contributed by atoms with E-state index in [1.165, 1.54) is 42.0 Å². The molecule has 124 valence electrons. The summed E-state index contributed by atoms with van der Waals surface area (Å²) >= 11 is 0. The van der Waals surface area contributed by atoms with Crippen molar-refractivity contribution in [3.8, 4) is 0 Å². The predicted octanol–water partition coefficient (Wildman–Crippen LogP) is 6.73. The maximum Gasteiger partial charge on any atom is 0.162 e. The molecule has 0 bridgehead atoms. The Hall–Kier alpha value is -1.63. The van der Waals surface area contributed by atoms with E-state index in [4.69, 9.17) is 0 Å². The summed E-state index contributed by atoms with van der Waals surface area (Å²) in [5, 5.41) is 2.44. The molecule has 0 N–H and O–H groups in total. The van der Waals surface area contributed by atoms with Crippen molar-refractivity contribution in [2.24, 2.45) is 0 Å². The van der Waals surface area contributed by atoms with Crippen molar-refractivity contribution in [1.82, 2.24) is 0 Å². The summed E-state index contributed by atoms with van der Waals surface area (Å²) in [6, 6.07) is 12.8. The SMILES string of the molecule is CCCCCCc1ccc2cc(C(=O)CCCCC)ccc2c1. The number of carbonyl (C=O) groups excluding carboxylic acids is 1. The lowest BCUT2D eigenvalue weighted by Gasteiger charge is -2.06. The zero-order valence-corrected chi connectivity index (χ0v) is 14.7. The van der Waals surface area contributed by atoms with Gasteiger partial charge in [0.2, 0.25) is 0 Å². The van der Waals surface area contributed by atoms with E-state index >= 15 is 0 Å². The fourth-order valence-electron chi connectivity index (χ4n) is 3.06. The summed E-state index contributed by atoms with van der Waals surface area (Å²) in [7, 11) is 0. The van der Waals surface area contributed by atoms with Crippen LogP contribution in [0.3, 0.4) is 0 Å². The smallest absolute Gasteiger partial charge is 0.162 e. The van der Waals surface area contributed by atoms with Crippen LogP contribution in [-0.4, -0.2) is 5.78 Å². The van der Waals surface area contributed by atoms with E-state index in [1.807, 2.05) is 6.07 Å². The molecule has 0 atom stereocenters. The molecule has 0 amide bonds. The lowest BCUT2D eigenvalue weighted by Crippen LogP contribution is -1.98. The van der Waals surface area contributed by atoms with E-state index < -0.39 is 0 Å². The molecule has 0 heterocycles. The minimum atomic E-state index is 0.281. The molecule has 0 saturated carbocycles. The average molecular weight is 310 g/mol. The van der Waals surface area contributed by atoms with Gasteiger partial charge in [0.1, 0.15) is 0 Å². The van der Waals surface area contributed by atoms with Gasteiger partial charge in [-0.1, -0.05) is 76.3 Å². The van der Waals surface area contributed by atoms with Gasteiger partial charge in [0.05, 0.1) is 0 Å². The van der Waals surface area contributed by atoms with E-state index in [9.17, 15) is 4.79 Å². The molecule has 1 nitrogen and oxygen atoms in total. The van der Waals surface area contributed by atoms with Gasteiger partial charge in [-0.15, -0.1) is 0 Å². The zero-order chi connectivity index (χ0) is 16.5. The van der Waals surface area contributed by atoms with Crippen LogP contribution < -0.4 is 0 Å². The Balaban J connectivity index is 2.02. The fourth-order valence-corrected chi connectivity index (χ4v) is 3.06. The van der Waals surface area contributed by atoms with Crippen LogP contribution >= 0.6 is 0 Å². The summed E-state index contributed by atoms with van der Waals surface area (Å²) < 4.78 is 0. The first kappa shape index (κ1) is 17.7. The van der Waals surface area contributed by atoms with Crippen LogP contribution in [-0.2, 0) is 6.42 Å². The van der Waals surface area contributed by atoms with Crippen molar-refractivity contribution in [2.75, 3.05) is 0 Å². The van der Waals surface area contributed by atoms with Crippen molar-refractivity contribution in [2.45, 2.75) is 71.6 Å². The highest BCUT2D eigenvalue weighted by Gasteiger charge is 2.06. The third kappa shape index (κ3) is 5.49. The number of rotatable bonds is 10. The van der Waals surface area contributed by atoms with Gasteiger partial charge in [-0.2, -0.15) is 0 Å². The molecule has 0 aliphatic heterocycles. The Bertz CT molecular complexity index is 627. The number of Topliss-reactive ketones (excluding diaryl/α,β-unsaturated/α-hetero) is 1. The minimum absolute atomic E-state index is 0.281. The van der Waals surface area contributed by atoms with Gasteiger partial charge in [-0.3, -0.25) is 4.79 Å². The van der Waals surface area contributed by atoms with Gasteiger partial charge in [-0.05, 0) is 41.7 Å². The quantitative estimate of drug-likeness (QED) is 0.351. The number of unbranched alkanes of at least 4 members (excludes halogenated alkanes) is 5. The highest BCUT2D eigenvalue weighted by molar-refractivity contribution is 6.00. The second-order valence-electron chi connectivity index (χ2n) is 6.59. The fraction of sp³-hybridized carbons (Fsp3) is 0.500. The Morgan fingerprint density at radius 2 is 1.48 bits per heavy atom. The molecule has 2 rings (SSSR count). The molecule has 0 spiro atoms. The molecule has 2 aromatic carbocycles. The Kier molecular flexibility index (Phi) is 7.32. The first-order valence-corrected chi connectivity index (χ1v) is 9.30. The first-order valence-electron chi connectivity index (χ1n) is 9.30. The van der Waals surface area contributed by atoms with Crippen LogP contribution in [0.4, 0.5) is 0 Å². The summed E-state index contributed by atoms with van der Waals surface area (Å²) in [4.78, 5) is 12.2. The average Bonchev–Trinajstić information content (AvgIpc) is 2.58. The number of carbonyl (C=O) groups is 1. The highest BCUT2D eigenvalue weighted by atomic mass is 16.1. The maximum atomic E-state index is 12.2. The molecule has 1 heteroatoms. The van der Waals surface area contributed by atoms with Crippen molar-refractivity contribution in [3.05, 3.63) is 47.5 Å². The molecule has 0 aliphatic rings. The molecular formula is C22H30O. The van der Waals surface area contributed by atoms with E-state index in [1.54, 1.807) is 0 Å². The number of aryl methyl sites for hydroxylation is 1. The van der Waals surface area contributed by atoms with Gasteiger partial charge in [0, 0.05) is 12.0 Å². The van der Waals surface area contributed by atoms with Crippen LogP contribution in [0.1, 0.15) is 81.1 Å². The molecular weight excluding hydrogens is 280 g/mol. The minimum Gasteiger partial charge on any atom is -0.294 e. The van der Waals surface area contributed by atoms with Crippen LogP contribution in [0, 0.1) is 0 Å². The normalized spacial score (nSPS) is 11.0. The topological polar surface area (TPSA) is 17.1 Å². The van der Waals surface area contributed by atoms with Crippen LogP contribution in [0.5, 0.6) is 0 Å². The first-order chi connectivity index (χ1) is 11.2. The zero-order valence-electron chi connectivity index (χ0n) is 14.7. The molecule has 0 aliphatic carbocycles. The van der Waals surface area contributed by atoms with Gasteiger partial charge < -0.3 is 0 Å². The number of fused-ring (bicyclic) bond motifs is 1. The third-order valence-corrected chi connectivity index (χ3v) is 4.55. The van der Waals surface area contributed by atoms with Crippen molar-refractivity contribution < 1.29 is 4.79 Å². The summed E-state index contributed by atoms with van der Waals surface area (Å²) in [6.45, 7) is 4.41. The Morgan fingerprint density at radius 1 is 0.783 bits per heavy atom. The summed E-state index contributed by atoms with van der Waals surface area (Å²) in [5.41, 5.74) is 2.28. The van der Waals surface area contributed by atoms with E-state index in [-0.39, 0.29) is 5.78 Å². The van der Waals surface area contributed by atoms with E-state index in [2.05, 4.69) is 44.2 Å². The molecule has 0 radical (unpaired) electrons. The van der Waals surface area contributed by atoms with Crippen LogP contribution in [0.25, 0.3) is 10.8 Å². The summed E-state index contributed by atoms with van der Waals surface area (Å²) in [5.74, 6) is 0.281. The Morgan fingerprint density at radius 3 is 2.26 bits per heavy atom. The molecule has 0 unspecified atom stereocenters. The van der Waals surface area contributed by atoms with Crippen LogP contribution in [0.2, 0.25) is 0 Å². The maximum absolute atomic E-state index is 12.2. The second kappa shape index (κ2) is 9.50. The summed E-state index contributed by atoms with van der Waals surface area (Å²) in [6.07, 6.45) is 10.3. The number of ketones is 1. The molecule has 0 saturated heterocycles. The van der Waals surface area contributed by atoms with Crippen LogP contribution in [0.15, 0.2) is 36.4 Å². The van der Waals surface area contributed by atoms with Gasteiger partial charge in [-0.25, -0.2) is 0 Å². The van der Waals surface area contributed by atoms with Crippen molar-refractivity contribution in [1.29, 1.82) is 0 Å². The third-order valence-electron chi connectivity index (χ3n) is 4.55. The van der Waals surface area contributed by atoms with Crippen molar-refractivity contribution in [3.63, 3.8) is 0 Å². The van der Waals surface area contributed by atoms with Crippen molar-refractivity contribution >= 4 is 16.6 Å². The lowest BCUT2D eigenvalue weighted by molar-refractivity contribution is 0.0979. The molecule has 2 aromatic rings. The number of hydrogen-bond acceptors (Lipinski definition) is 1. The monoisotopic (exact) mass is 310 g/mol. The molecule has 0 fully saturated rings. The highest BCUT2D eigenvalue weighted by Crippen LogP contribution is 2.20. The van der Waals surface area contributed by atoms with E-state index in [0.717, 1.165) is 31.2 Å².